The molecule has 2 rings (SSSR count). The molecule has 0 atom stereocenters. The van der Waals surface area contributed by atoms with Crippen molar-refractivity contribution in [3.05, 3.63) is 59.9 Å². The van der Waals surface area contributed by atoms with Crippen LogP contribution in [0.25, 0.3) is 0 Å². The predicted octanol–water partition coefficient (Wildman–Crippen LogP) is 2.04. The van der Waals surface area contributed by atoms with Gasteiger partial charge in [0.05, 0.1) is 0 Å². The molecular weight excluding hydrogens is 254 g/mol. The van der Waals surface area contributed by atoms with Crippen LogP contribution in [-0.4, -0.2) is 35.8 Å². The summed E-state index contributed by atoms with van der Waals surface area (Å²) in [5.41, 5.74) is 1.42. The zero-order chi connectivity index (χ0) is 14.5. The van der Waals surface area contributed by atoms with Crippen LogP contribution in [0.2, 0.25) is 0 Å². The van der Waals surface area contributed by atoms with Crippen LogP contribution in [-0.2, 0) is 0 Å². The Balaban J connectivity index is 2.16. The summed E-state index contributed by atoms with van der Waals surface area (Å²) in [5.74, 6) is -0.418. The molecule has 2 aromatic rings. The lowest BCUT2D eigenvalue weighted by molar-refractivity contribution is 0.0827. The monoisotopic (exact) mass is 269 g/mol. The van der Waals surface area contributed by atoms with Gasteiger partial charge in [0.15, 0.2) is 0 Å². The van der Waals surface area contributed by atoms with E-state index in [4.69, 9.17) is 0 Å². The first-order valence-corrected chi connectivity index (χ1v) is 6.12. The van der Waals surface area contributed by atoms with Crippen LogP contribution in [0.3, 0.4) is 0 Å². The summed E-state index contributed by atoms with van der Waals surface area (Å²) in [5, 5.41) is 2.72. The van der Waals surface area contributed by atoms with E-state index in [9.17, 15) is 9.59 Å². The molecule has 1 aromatic carbocycles. The van der Waals surface area contributed by atoms with Crippen LogP contribution in [0.5, 0.6) is 0 Å². The third-order valence-electron chi connectivity index (χ3n) is 2.67. The minimum atomic E-state index is -0.306. The molecule has 0 fully saturated rings. The first-order valence-electron chi connectivity index (χ1n) is 6.12. The van der Waals surface area contributed by atoms with Crippen molar-refractivity contribution in [3.8, 4) is 0 Å². The van der Waals surface area contributed by atoms with Gasteiger partial charge in [0, 0.05) is 31.5 Å². The number of carbonyl (C=O) groups excluding carboxylic acids is 2. The fourth-order valence-corrected chi connectivity index (χ4v) is 1.68. The van der Waals surface area contributed by atoms with Gasteiger partial charge < -0.3 is 10.2 Å². The van der Waals surface area contributed by atoms with Crippen molar-refractivity contribution in [1.82, 2.24) is 9.88 Å². The Bertz CT molecular complexity index is 624. The van der Waals surface area contributed by atoms with Gasteiger partial charge >= 0.3 is 0 Å². The predicted molar refractivity (Wildman–Crippen MR) is 76.6 cm³/mol. The molecule has 2 amide bonds. The van der Waals surface area contributed by atoms with E-state index in [0.29, 0.717) is 16.9 Å². The van der Waals surface area contributed by atoms with Gasteiger partial charge in [0.1, 0.15) is 5.69 Å². The average Bonchev–Trinajstić information content (AvgIpc) is 2.47. The molecule has 5 heteroatoms. The lowest BCUT2D eigenvalue weighted by Gasteiger charge is -2.11. The number of hydrogen-bond acceptors (Lipinski definition) is 3. The van der Waals surface area contributed by atoms with E-state index in [1.165, 1.54) is 4.90 Å². The fraction of sp³-hybridized carbons (Fsp3) is 0.133. The number of carbonyl (C=O) groups is 2. The summed E-state index contributed by atoms with van der Waals surface area (Å²) in [6.07, 6.45) is 1.56. The Hall–Kier alpha value is -2.69. The quantitative estimate of drug-likeness (QED) is 0.927. The molecule has 1 N–H and O–H groups in total. The molecule has 20 heavy (non-hydrogen) atoms. The molecule has 5 nitrogen and oxygen atoms in total. The van der Waals surface area contributed by atoms with Gasteiger partial charge in [-0.1, -0.05) is 12.1 Å². The number of rotatable bonds is 3. The highest BCUT2D eigenvalue weighted by molar-refractivity contribution is 6.03. The Morgan fingerprint density at radius 1 is 1.10 bits per heavy atom. The highest BCUT2D eigenvalue weighted by atomic mass is 16.2. The smallest absolute Gasteiger partial charge is 0.274 e. The number of anilines is 1. The minimum Gasteiger partial charge on any atom is -0.345 e. The van der Waals surface area contributed by atoms with Crippen molar-refractivity contribution in [1.29, 1.82) is 0 Å². The van der Waals surface area contributed by atoms with Crippen molar-refractivity contribution >= 4 is 17.5 Å². The van der Waals surface area contributed by atoms with Crippen LogP contribution < -0.4 is 5.32 Å². The second-order valence-corrected chi connectivity index (χ2v) is 4.45. The number of nitrogens with one attached hydrogen (secondary N) is 1. The molecule has 1 aromatic heterocycles. The molecule has 0 saturated carbocycles. The van der Waals surface area contributed by atoms with E-state index < -0.39 is 0 Å². The van der Waals surface area contributed by atoms with E-state index in [1.807, 2.05) is 0 Å². The van der Waals surface area contributed by atoms with Gasteiger partial charge in [-0.25, -0.2) is 0 Å². The highest BCUT2D eigenvalue weighted by Crippen LogP contribution is 2.13. The van der Waals surface area contributed by atoms with Crippen LogP contribution in [0.1, 0.15) is 20.8 Å². The van der Waals surface area contributed by atoms with E-state index >= 15 is 0 Å². The molecule has 0 aliphatic rings. The number of nitrogens with zero attached hydrogens (tertiary/aromatic N) is 2. The van der Waals surface area contributed by atoms with Gasteiger partial charge in [-0.15, -0.1) is 0 Å². The summed E-state index contributed by atoms with van der Waals surface area (Å²) in [6.45, 7) is 0. The molecule has 102 valence electrons. The minimum absolute atomic E-state index is 0.112. The number of amides is 2. The van der Waals surface area contributed by atoms with Crippen LogP contribution >= 0.6 is 0 Å². The molecule has 0 bridgehead atoms. The first-order chi connectivity index (χ1) is 9.58. The Kier molecular flexibility index (Phi) is 4.10. The first kappa shape index (κ1) is 13.7. The maximum Gasteiger partial charge on any atom is 0.274 e. The summed E-state index contributed by atoms with van der Waals surface area (Å²) in [6, 6.07) is 11.9. The van der Waals surface area contributed by atoms with Crippen LogP contribution in [0.4, 0.5) is 5.69 Å². The molecule has 0 aliphatic heterocycles. The lowest BCUT2D eigenvalue weighted by Crippen LogP contribution is -2.22. The SMILES string of the molecule is CN(C)C(=O)c1cccc(NC(=O)c2ccccn2)c1. The zero-order valence-corrected chi connectivity index (χ0v) is 11.3. The van der Waals surface area contributed by atoms with Crippen LogP contribution in [0.15, 0.2) is 48.7 Å². The maximum absolute atomic E-state index is 12.0. The number of hydrogen-bond donors (Lipinski definition) is 1. The van der Waals surface area contributed by atoms with Crippen molar-refractivity contribution in [2.45, 2.75) is 0 Å². The lowest BCUT2D eigenvalue weighted by atomic mass is 10.2. The van der Waals surface area contributed by atoms with Crippen molar-refractivity contribution in [3.63, 3.8) is 0 Å². The normalized spacial score (nSPS) is 9.90. The standard InChI is InChI=1S/C15H15N3O2/c1-18(2)15(20)11-6-5-7-12(10-11)17-14(19)13-8-3-4-9-16-13/h3-10H,1-2H3,(H,17,19). The number of pyridine rings is 1. The van der Waals surface area contributed by atoms with E-state index in [1.54, 1.807) is 62.8 Å². The average molecular weight is 269 g/mol. The Labute approximate surface area is 117 Å². The van der Waals surface area contributed by atoms with Gasteiger partial charge in [-0.2, -0.15) is 0 Å². The molecule has 1 heterocycles. The summed E-state index contributed by atoms with van der Waals surface area (Å²) >= 11 is 0. The maximum atomic E-state index is 12.0. The van der Waals surface area contributed by atoms with Gasteiger partial charge in [-0.05, 0) is 30.3 Å². The third-order valence-corrected chi connectivity index (χ3v) is 2.67. The Morgan fingerprint density at radius 2 is 1.90 bits per heavy atom. The van der Waals surface area contributed by atoms with Crippen molar-refractivity contribution in [2.75, 3.05) is 19.4 Å². The number of benzene rings is 1. The largest absolute Gasteiger partial charge is 0.345 e. The van der Waals surface area contributed by atoms with E-state index in [2.05, 4.69) is 10.3 Å². The zero-order valence-electron chi connectivity index (χ0n) is 11.3. The topological polar surface area (TPSA) is 62.3 Å². The molecule has 0 saturated heterocycles. The van der Waals surface area contributed by atoms with Gasteiger partial charge in [-0.3, -0.25) is 14.6 Å². The van der Waals surface area contributed by atoms with Crippen LogP contribution in [0, 0.1) is 0 Å². The Morgan fingerprint density at radius 3 is 2.55 bits per heavy atom. The summed E-state index contributed by atoms with van der Waals surface area (Å²) in [4.78, 5) is 29.3. The number of aromatic nitrogens is 1. The highest BCUT2D eigenvalue weighted by Gasteiger charge is 2.10. The molecular formula is C15H15N3O2. The molecule has 0 aliphatic carbocycles. The third kappa shape index (κ3) is 3.20. The summed E-state index contributed by atoms with van der Waals surface area (Å²) < 4.78 is 0. The fourth-order valence-electron chi connectivity index (χ4n) is 1.68. The molecule has 0 spiro atoms. The second kappa shape index (κ2) is 5.97. The van der Waals surface area contributed by atoms with Crippen molar-refractivity contribution in [2.24, 2.45) is 0 Å². The second-order valence-electron chi connectivity index (χ2n) is 4.45. The molecule has 0 radical (unpaired) electrons. The van der Waals surface area contributed by atoms with E-state index in [0.717, 1.165) is 0 Å². The van der Waals surface area contributed by atoms with Crippen molar-refractivity contribution < 1.29 is 9.59 Å². The summed E-state index contributed by atoms with van der Waals surface area (Å²) in [7, 11) is 3.36. The molecule has 0 unspecified atom stereocenters. The van der Waals surface area contributed by atoms with Gasteiger partial charge in [0.25, 0.3) is 11.8 Å². The van der Waals surface area contributed by atoms with E-state index in [-0.39, 0.29) is 11.8 Å². The van der Waals surface area contributed by atoms with Gasteiger partial charge in [0.2, 0.25) is 0 Å².